The molecule has 0 saturated heterocycles. The van der Waals surface area contributed by atoms with Gasteiger partial charge in [0.25, 0.3) is 0 Å². The molecule has 0 aliphatic rings. The zero-order valence-corrected chi connectivity index (χ0v) is 13.1. The summed E-state index contributed by atoms with van der Waals surface area (Å²) in [7, 11) is 1.58. The second-order valence-electron chi connectivity index (χ2n) is 4.32. The fraction of sp³-hybridized carbons (Fsp3) is 0.200. The van der Waals surface area contributed by atoms with Gasteiger partial charge in [0.05, 0.1) is 17.7 Å². The third-order valence-corrected chi connectivity index (χ3v) is 3.93. The highest BCUT2D eigenvalue weighted by atomic mass is 79.9. The minimum Gasteiger partial charge on any atom is -0.496 e. The maximum Gasteiger partial charge on any atom is 0.133 e. The van der Waals surface area contributed by atoms with E-state index < -0.39 is 11.9 Å². The second-order valence-corrected chi connectivity index (χ2v) is 5.59. The lowest BCUT2D eigenvalue weighted by Gasteiger charge is -2.14. The van der Waals surface area contributed by atoms with Gasteiger partial charge in [-0.05, 0) is 45.8 Å². The Bertz CT molecular complexity index is 599. The number of halogens is 3. The van der Waals surface area contributed by atoms with Crippen LogP contribution in [0.25, 0.3) is 0 Å². The minimum atomic E-state index is -0.996. The number of aliphatic hydroxyl groups is 1. The highest BCUT2D eigenvalue weighted by Gasteiger charge is 2.17. The monoisotopic (exact) mass is 358 g/mol. The third kappa shape index (κ3) is 3.32. The van der Waals surface area contributed by atoms with E-state index in [4.69, 9.17) is 16.3 Å². The summed E-state index contributed by atoms with van der Waals surface area (Å²) in [5, 5.41) is 10.4. The Morgan fingerprint density at radius 3 is 2.70 bits per heavy atom. The van der Waals surface area contributed by atoms with Gasteiger partial charge in [0.1, 0.15) is 11.6 Å². The van der Waals surface area contributed by atoms with Gasteiger partial charge in [0.2, 0.25) is 0 Å². The largest absolute Gasteiger partial charge is 0.496 e. The van der Waals surface area contributed by atoms with E-state index in [0.29, 0.717) is 5.75 Å². The van der Waals surface area contributed by atoms with E-state index in [0.717, 1.165) is 10.0 Å². The third-order valence-electron chi connectivity index (χ3n) is 2.98. The number of aliphatic hydroxyl groups excluding tert-OH is 1. The molecule has 0 bridgehead atoms. The van der Waals surface area contributed by atoms with E-state index in [1.165, 1.54) is 12.1 Å². The fourth-order valence-electron chi connectivity index (χ4n) is 1.99. The Hall–Kier alpha value is -1.10. The van der Waals surface area contributed by atoms with Crippen molar-refractivity contribution in [3.05, 3.63) is 62.8 Å². The molecule has 1 N–H and O–H groups in total. The van der Waals surface area contributed by atoms with Gasteiger partial charge in [-0.1, -0.05) is 23.7 Å². The summed E-state index contributed by atoms with van der Waals surface area (Å²) in [6, 6.07) is 9.80. The smallest absolute Gasteiger partial charge is 0.133 e. The van der Waals surface area contributed by atoms with Crippen LogP contribution in [0.2, 0.25) is 5.02 Å². The first-order chi connectivity index (χ1) is 9.52. The molecule has 1 unspecified atom stereocenters. The highest BCUT2D eigenvalue weighted by molar-refractivity contribution is 9.10. The van der Waals surface area contributed by atoms with Gasteiger partial charge in [0, 0.05) is 17.0 Å². The van der Waals surface area contributed by atoms with Crippen molar-refractivity contribution in [2.45, 2.75) is 12.5 Å². The van der Waals surface area contributed by atoms with E-state index >= 15 is 0 Å². The lowest BCUT2D eigenvalue weighted by Crippen LogP contribution is -2.05. The molecule has 0 aromatic heterocycles. The van der Waals surface area contributed by atoms with Crippen molar-refractivity contribution in [2.24, 2.45) is 0 Å². The molecule has 0 saturated carbocycles. The molecule has 1 atom stereocenters. The molecular weight excluding hydrogens is 347 g/mol. The van der Waals surface area contributed by atoms with Crippen LogP contribution in [0.1, 0.15) is 17.2 Å². The molecule has 20 heavy (non-hydrogen) atoms. The first-order valence-corrected chi connectivity index (χ1v) is 7.14. The molecule has 2 nitrogen and oxygen atoms in total. The summed E-state index contributed by atoms with van der Waals surface area (Å²) in [5.41, 5.74) is 0.977. The van der Waals surface area contributed by atoms with Gasteiger partial charge >= 0.3 is 0 Å². The Balaban J connectivity index is 2.23. The molecule has 2 rings (SSSR count). The fourth-order valence-corrected chi connectivity index (χ4v) is 2.87. The van der Waals surface area contributed by atoms with E-state index in [1.54, 1.807) is 19.2 Å². The van der Waals surface area contributed by atoms with E-state index in [2.05, 4.69) is 15.9 Å². The first kappa shape index (κ1) is 15.3. The first-order valence-electron chi connectivity index (χ1n) is 5.97. The van der Waals surface area contributed by atoms with Crippen LogP contribution in [0.5, 0.6) is 5.75 Å². The normalized spacial score (nSPS) is 12.2. The summed E-state index contributed by atoms with van der Waals surface area (Å²) in [6.07, 6.45) is -0.729. The number of hydrogen-bond acceptors (Lipinski definition) is 2. The SMILES string of the molecule is COc1ccc(CC(O)c2c(F)cccc2Cl)cc1Br. The maximum atomic E-state index is 13.7. The van der Waals surface area contributed by atoms with Crippen molar-refractivity contribution in [1.82, 2.24) is 0 Å². The van der Waals surface area contributed by atoms with Gasteiger partial charge in [-0.15, -0.1) is 0 Å². The average molecular weight is 360 g/mol. The minimum absolute atomic E-state index is 0.126. The lowest BCUT2D eigenvalue weighted by atomic mass is 10.0. The Morgan fingerprint density at radius 1 is 1.35 bits per heavy atom. The van der Waals surface area contributed by atoms with Crippen LogP contribution in [0.3, 0.4) is 0 Å². The van der Waals surface area contributed by atoms with Gasteiger partial charge in [-0.25, -0.2) is 4.39 Å². The maximum absolute atomic E-state index is 13.7. The van der Waals surface area contributed by atoms with Gasteiger partial charge in [-0.3, -0.25) is 0 Å². The molecule has 0 heterocycles. The second kappa shape index (κ2) is 6.57. The number of methoxy groups -OCH3 is 1. The molecule has 106 valence electrons. The summed E-state index contributed by atoms with van der Waals surface area (Å²) >= 11 is 9.32. The molecule has 0 radical (unpaired) electrons. The molecule has 0 spiro atoms. The summed E-state index contributed by atoms with van der Waals surface area (Å²) in [4.78, 5) is 0. The van der Waals surface area contributed by atoms with Crippen LogP contribution >= 0.6 is 27.5 Å². The number of hydrogen-bond donors (Lipinski definition) is 1. The van der Waals surface area contributed by atoms with Crippen molar-refractivity contribution in [3.8, 4) is 5.75 Å². The van der Waals surface area contributed by atoms with E-state index in [9.17, 15) is 9.50 Å². The Morgan fingerprint density at radius 2 is 2.10 bits per heavy atom. The summed E-state index contributed by atoms with van der Waals surface area (Å²) in [6.45, 7) is 0. The van der Waals surface area contributed by atoms with Crippen molar-refractivity contribution >= 4 is 27.5 Å². The van der Waals surface area contributed by atoms with Gasteiger partial charge < -0.3 is 9.84 Å². The van der Waals surface area contributed by atoms with Crippen LogP contribution in [-0.2, 0) is 6.42 Å². The van der Waals surface area contributed by atoms with Gasteiger partial charge in [-0.2, -0.15) is 0 Å². The highest BCUT2D eigenvalue weighted by Crippen LogP contribution is 2.31. The number of ether oxygens (including phenoxy) is 1. The molecule has 2 aromatic carbocycles. The van der Waals surface area contributed by atoms with E-state index in [1.807, 2.05) is 12.1 Å². The quantitative estimate of drug-likeness (QED) is 0.869. The molecule has 2 aromatic rings. The zero-order chi connectivity index (χ0) is 14.7. The average Bonchev–Trinajstić information content (AvgIpc) is 2.38. The number of benzene rings is 2. The molecule has 0 aliphatic heterocycles. The van der Waals surface area contributed by atoms with Crippen molar-refractivity contribution in [1.29, 1.82) is 0 Å². The van der Waals surface area contributed by atoms with Crippen LogP contribution < -0.4 is 4.74 Å². The van der Waals surface area contributed by atoms with E-state index in [-0.39, 0.29) is 17.0 Å². The molecule has 0 aliphatic carbocycles. The molecule has 5 heteroatoms. The predicted molar refractivity (Wildman–Crippen MR) is 80.8 cm³/mol. The lowest BCUT2D eigenvalue weighted by molar-refractivity contribution is 0.173. The van der Waals surface area contributed by atoms with Crippen LogP contribution in [0, 0.1) is 5.82 Å². The topological polar surface area (TPSA) is 29.5 Å². The Kier molecular flexibility index (Phi) is 5.02. The zero-order valence-electron chi connectivity index (χ0n) is 10.7. The standard InChI is InChI=1S/C15H13BrClFO2/c1-20-14-6-5-9(7-10(14)16)8-13(19)15-11(17)3-2-4-12(15)18/h2-7,13,19H,8H2,1H3. The van der Waals surface area contributed by atoms with Crippen LogP contribution in [0.4, 0.5) is 4.39 Å². The summed E-state index contributed by atoms with van der Waals surface area (Å²) < 4.78 is 19.6. The van der Waals surface area contributed by atoms with Crippen molar-refractivity contribution in [2.75, 3.05) is 7.11 Å². The Labute approximate surface area is 130 Å². The predicted octanol–water partition coefficient (Wildman–Crippen LogP) is 4.53. The molecule has 0 amide bonds. The number of rotatable bonds is 4. The molecule has 0 fully saturated rings. The summed E-state index contributed by atoms with van der Waals surface area (Å²) in [5.74, 6) is 0.199. The van der Waals surface area contributed by atoms with Crippen molar-refractivity contribution < 1.29 is 14.2 Å². The van der Waals surface area contributed by atoms with Crippen molar-refractivity contribution in [3.63, 3.8) is 0 Å². The van der Waals surface area contributed by atoms with Crippen LogP contribution in [-0.4, -0.2) is 12.2 Å². The van der Waals surface area contributed by atoms with Gasteiger partial charge in [0.15, 0.2) is 0 Å². The van der Waals surface area contributed by atoms with Crippen LogP contribution in [0.15, 0.2) is 40.9 Å². The molecular formula is C15H13BrClFO2.